The molecule has 4 aliphatic carbocycles. The standard InChI is InChI=1S/C35H62NO6P/c1-7-40-43(39)41-22-18-27(37)17-21-36-33(38)42-28-15-19-34(5)26(23-28)11-12-29-31-14-13-30(25(4)10-8-9-24(2)3)35(31,6)20-16-32(29)34/h11,24-25,27-32,37,39H,7-10,12-23H2,1-6H3,(H,36,38)/t25-,27?,28+,29?,30-,31?,32?,34+,35-,43?/m0/s1. The maximum atomic E-state index is 12.6. The summed E-state index contributed by atoms with van der Waals surface area (Å²) in [7, 11) is -1.88. The molecule has 7 nitrogen and oxygen atoms in total. The Labute approximate surface area is 263 Å². The predicted octanol–water partition coefficient (Wildman–Crippen LogP) is 8.54. The second kappa shape index (κ2) is 15.7. The van der Waals surface area contributed by atoms with Gasteiger partial charge in [-0.2, -0.15) is 0 Å². The molecule has 10 atom stereocenters. The van der Waals surface area contributed by atoms with Gasteiger partial charge in [0, 0.05) is 13.0 Å². The van der Waals surface area contributed by atoms with Crippen LogP contribution in [-0.4, -0.2) is 48.1 Å². The monoisotopic (exact) mass is 623 g/mol. The van der Waals surface area contributed by atoms with Gasteiger partial charge in [0.05, 0.1) is 19.3 Å². The molecule has 3 N–H and O–H groups in total. The molecular weight excluding hydrogens is 561 g/mol. The van der Waals surface area contributed by atoms with E-state index in [4.69, 9.17) is 13.8 Å². The Morgan fingerprint density at radius 3 is 2.58 bits per heavy atom. The molecule has 8 heteroatoms. The van der Waals surface area contributed by atoms with E-state index in [9.17, 15) is 14.8 Å². The van der Waals surface area contributed by atoms with Crippen molar-refractivity contribution in [3.63, 3.8) is 0 Å². The highest BCUT2D eigenvalue weighted by molar-refractivity contribution is 7.40. The van der Waals surface area contributed by atoms with Gasteiger partial charge >= 0.3 is 14.7 Å². The van der Waals surface area contributed by atoms with E-state index in [1.54, 1.807) is 6.92 Å². The first-order chi connectivity index (χ1) is 20.5. The first-order valence-electron chi connectivity index (χ1n) is 17.5. The van der Waals surface area contributed by atoms with Crippen molar-refractivity contribution in [2.24, 2.45) is 46.3 Å². The van der Waals surface area contributed by atoms with Gasteiger partial charge in [0.15, 0.2) is 0 Å². The highest BCUT2D eigenvalue weighted by Crippen LogP contribution is 2.67. The maximum absolute atomic E-state index is 12.6. The van der Waals surface area contributed by atoms with Gasteiger partial charge in [-0.3, -0.25) is 0 Å². The summed E-state index contributed by atoms with van der Waals surface area (Å²) < 4.78 is 16.0. The number of hydrogen-bond acceptors (Lipinski definition) is 6. The molecule has 1 amide bonds. The zero-order chi connectivity index (χ0) is 31.2. The molecule has 248 valence electrons. The largest absolute Gasteiger partial charge is 0.446 e. The van der Waals surface area contributed by atoms with Crippen LogP contribution >= 0.6 is 8.60 Å². The number of carbonyl (C=O) groups is 1. The molecule has 5 unspecified atom stereocenters. The van der Waals surface area contributed by atoms with Crippen molar-refractivity contribution < 1.29 is 28.6 Å². The first-order valence-corrected chi connectivity index (χ1v) is 18.7. The van der Waals surface area contributed by atoms with E-state index in [1.165, 1.54) is 56.9 Å². The van der Waals surface area contributed by atoms with E-state index in [2.05, 4.69) is 46.0 Å². The van der Waals surface area contributed by atoms with Crippen molar-refractivity contribution in [2.75, 3.05) is 19.8 Å². The van der Waals surface area contributed by atoms with Crippen molar-refractivity contribution in [1.29, 1.82) is 0 Å². The van der Waals surface area contributed by atoms with Crippen LogP contribution in [0.5, 0.6) is 0 Å². The average molecular weight is 624 g/mol. The number of nitrogens with one attached hydrogen (secondary N) is 1. The van der Waals surface area contributed by atoms with Crippen LogP contribution in [0.25, 0.3) is 0 Å². The summed E-state index contributed by atoms with van der Waals surface area (Å²) in [5, 5.41) is 13.0. The number of carbonyl (C=O) groups excluding carboxylic acids is 1. The van der Waals surface area contributed by atoms with Crippen molar-refractivity contribution >= 4 is 14.7 Å². The Morgan fingerprint density at radius 2 is 1.84 bits per heavy atom. The SMILES string of the molecule is CCOP(O)OCCC(O)CCNC(=O)O[C@@H]1CC[C@]2(C)C(=CCC3C2CC[C@]2(C)C3CC[C@H]2[C@@H](C)CCCC(C)C)C1. The summed E-state index contributed by atoms with van der Waals surface area (Å²) in [5.74, 6) is 4.96. The lowest BCUT2D eigenvalue weighted by atomic mass is 9.47. The first kappa shape index (κ1) is 35.1. The van der Waals surface area contributed by atoms with Crippen LogP contribution in [0.1, 0.15) is 125 Å². The highest BCUT2D eigenvalue weighted by Gasteiger charge is 2.59. The van der Waals surface area contributed by atoms with Gasteiger partial charge in [0.2, 0.25) is 0 Å². The molecule has 0 bridgehead atoms. The van der Waals surface area contributed by atoms with Gasteiger partial charge in [-0.25, -0.2) is 4.79 Å². The molecule has 3 fully saturated rings. The fourth-order valence-corrected chi connectivity index (χ4v) is 10.4. The Balaban J connectivity index is 1.24. The van der Waals surface area contributed by atoms with Crippen molar-refractivity contribution in [3.8, 4) is 0 Å². The molecule has 0 spiro atoms. The smallest absolute Gasteiger partial charge is 0.407 e. The van der Waals surface area contributed by atoms with Gasteiger partial charge in [0.25, 0.3) is 0 Å². The third-order valence-electron chi connectivity index (χ3n) is 12.2. The number of alkyl carbamates (subject to hydrolysis) is 1. The average Bonchev–Trinajstić information content (AvgIpc) is 3.30. The van der Waals surface area contributed by atoms with E-state index in [0.29, 0.717) is 31.4 Å². The molecule has 0 saturated heterocycles. The number of hydrogen-bond donors (Lipinski definition) is 3. The second-order valence-electron chi connectivity index (χ2n) is 15.2. The van der Waals surface area contributed by atoms with Gasteiger partial charge in [0.1, 0.15) is 6.10 Å². The summed E-state index contributed by atoms with van der Waals surface area (Å²) in [6.45, 7) is 15.2. The third-order valence-corrected chi connectivity index (χ3v) is 13.1. The van der Waals surface area contributed by atoms with E-state index in [0.717, 1.165) is 54.8 Å². The van der Waals surface area contributed by atoms with E-state index < -0.39 is 20.8 Å². The Morgan fingerprint density at radius 1 is 1.05 bits per heavy atom. The molecular formula is C35H62NO6P. The predicted molar refractivity (Wildman–Crippen MR) is 173 cm³/mol. The summed E-state index contributed by atoms with van der Waals surface area (Å²) in [6, 6.07) is 0. The molecule has 43 heavy (non-hydrogen) atoms. The number of rotatable bonds is 15. The normalized spacial score (nSPS) is 35.7. The fraction of sp³-hybridized carbons (Fsp3) is 0.914. The summed E-state index contributed by atoms with van der Waals surface area (Å²) >= 11 is 0. The second-order valence-corrected chi connectivity index (χ2v) is 16.2. The Bertz CT molecular complexity index is 930. The number of ether oxygens (including phenoxy) is 1. The molecule has 0 aromatic carbocycles. The Hall–Kier alpha value is -0.720. The van der Waals surface area contributed by atoms with Crippen LogP contribution in [-0.2, 0) is 13.8 Å². The van der Waals surface area contributed by atoms with Gasteiger partial charge in [-0.1, -0.05) is 65.5 Å². The zero-order valence-electron chi connectivity index (χ0n) is 28.0. The van der Waals surface area contributed by atoms with Crippen LogP contribution in [0, 0.1) is 46.3 Å². The molecule has 0 aromatic heterocycles. The summed E-state index contributed by atoms with van der Waals surface area (Å²) in [4.78, 5) is 22.1. The van der Waals surface area contributed by atoms with E-state index in [1.807, 2.05) is 0 Å². The minimum Gasteiger partial charge on any atom is -0.446 e. The molecule has 4 aliphatic rings. The highest BCUT2D eigenvalue weighted by atomic mass is 31.2. The minimum atomic E-state index is -1.88. The van der Waals surface area contributed by atoms with Gasteiger partial charge < -0.3 is 29.1 Å². The summed E-state index contributed by atoms with van der Waals surface area (Å²) in [5.41, 5.74) is 2.28. The summed E-state index contributed by atoms with van der Waals surface area (Å²) in [6.07, 6.45) is 16.0. The molecule has 0 aromatic rings. The van der Waals surface area contributed by atoms with Crippen LogP contribution in [0.3, 0.4) is 0 Å². The topological polar surface area (TPSA) is 97.3 Å². The van der Waals surface area contributed by atoms with Gasteiger partial charge in [-0.15, -0.1) is 0 Å². The van der Waals surface area contributed by atoms with E-state index >= 15 is 0 Å². The number of fused-ring (bicyclic) bond motifs is 5. The quantitative estimate of drug-likeness (QED) is 0.125. The fourth-order valence-electron chi connectivity index (χ4n) is 9.85. The third kappa shape index (κ3) is 8.56. The zero-order valence-corrected chi connectivity index (χ0v) is 28.9. The molecule has 0 aliphatic heterocycles. The molecule has 0 heterocycles. The maximum Gasteiger partial charge on any atom is 0.407 e. The molecule has 4 rings (SSSR count). The molecule has 3 saturated carbocycles. The van der Waals surface area contributed by atoms with E-state index in [-0.39, 0.29) is 18.1 Å². The molecule has 0 radical (unpaired) electrons. The lowest BCUT2D eigenvalue weighted by Gasteiger charge is -2.58. The lowest BCUT2D eigenvalue weighted by Crippen LogP contribution is -2.51. The van der Waals surface area contributed by atoms with Crippen LogP contribution < -0.4 is 5.32 Å². The van der Waals surface area contributed by atoms with Gasteiger partial charge in [-0.05, 0) is 111 Å². The number of amides is 1. The Kier molecular flexibility index (Phi) is 12.8. The number of aliphatic hydroxyl groups is 1. The van der Waals surface area contributed by atoms with Crippen molar-refractivity contribution in [3.05, 3.63) is 11.6 Å². The van der Waals surface area contributed by atoms with Crippen LogP contribution in [0.4, 0.5) is 4.79 Å². The van der Waals surface area contributed by atoms with Crippen LogP contribution in [0.2, 0.25) is 0 Å². The van der Waals surface area contributed by atoms with Crippen LogP contribution in [0.15, 0.2) is 11.6 Å². The minimum absolute atomic E-state index is 0.0760. The lowest BCUT2D eigenvalue weighted by molar-refractivity contribution is -0.0581. The van der Waals surface area contributed by atoms with Crippen molar-refractivity contribution in [2.45, 2.75) is 137 Å². The van der Waals surface area contributed by atoms with Crippen molar-refractivity contribution in [1.82, 2.24) is 5.32 Å². The number of allylic oxidation sites excluding steroid dienone is 1. The number of aliphatic hydroxyl groups excluding tert-OH is 1.